The average Bonchev–Trinajstić information content (AvgIpc) is 2.85. The van der Waals surface area contributed by atoms with Crippen LogP contribution >= 0.6 is 22.6 Å². The standard InChI is InChI=1S/C13H11IN6O2/c1-16-7-3-2-4-8(5-7)20-11-9(10(14)19-20)12(18-6-17-11)22-13(15)21/h2-6,16H,1H3,(H2,15,21). The van der Waals surface area contributed by atoms with Gasteiger partial charge in [0.15, 0.2) is 5.65 Å². The zero-order valence-corrected chi connectivity index (χ0v) is 13.6. The van der Waals surface area contributed by atoms with Crippen LogP contribution in [0, 0.1) is 3.70 Å². The lowest BCUT2D eigenvalue weighted by atomic mass is 10.3. The van der Waals surface area contributed by atoms with Crippen molar-refractivity contribution < 1.29 is 9.53 Å². The van der Waals surface area contributed by atoms with E-state index >= 15 is 0 Å². The second-order valence-electron chi connectivity index (χ2n) is 4.30. The number of nitrogens with one attached hydrogen (secondary N) is 1. The molecule has 0 aliphatic rings. The normalized spacial score (nSPS) is 10.6. The van der Waals surface area contributed by atoms with E-state index < -0.39 is 6.09 Å². The summed E-state index contributed by atoms with van der Waals surface area (Å²) >= 11 is 2.04. The summed E-state index contributed by atoms with van der Waals surface area (Å²) in [6.07, 6.45) is 0.372. The van der Waals surface area contributed by atoms with Gasteiger partial charge in [-0.15, -0.1) is 0 Å². The van der Waals surface area contributed by atoms with Crippen LogP contribution in [0.25, 0.3) is 16.7 Å². The zero-order valence-electron chi connectivity index (χ0n) is 11.4. The molecule has 0 saturated carbocycles. The highest BCUT2D eigenvalue weighted by molar-refractivity contribution is 14.1. The van der Waals surface area contributed by atoms with Crippen LogP contribution in [0.3, 0.4) is 0 Å². The maximum atomic E-state index is 11.0. The second kappa shape index (κ2) is 5.75. The van der Waals surface area contributed by atoms with E-state index in [0.717, 1.165) is 11.4 Å². The van der Waals surface area contributed by atoms with Crippen LogP contribution in [0.4, 0.5) is 10.5 Å². The van der Waals surface area contributed by atoms with Gasteiger partial charge in [0, 0.05) is 12.7 Å². The predicted octanol–water partition coefficient (Wildman–Crippen LogP) is 1.92. The van der Waals surface area contributed by atoms with Gasteiger partial charge in [-0.2, -0.15) is 5.10 Å². The van der Waals surface area contributed by atoms with E-state index in [9.17, 15) is 4.79 Å². The van der Waals surface area contributed by atoms with Crippen LogP contribution in [-0.2, 0) is 0 Å². The van der Waals surface area contributed by atoms with E-state index in [1.807, 2.05) is 53.9 Å². The summed E-state index contributed by atoms with van der Waals surface area (Å²) in [7, 11) is 1.84. The molecule has 22 heavy (non-hydrogen) atoms. The number of hydrogen-bond acceptors (Lipinski definition) is 6. The third-order valence-electron chi connectivity index (χ3n) is 2.96. The van der Waals surface area contributed by atoms with Crippen LogP contribution in [-0.4, -0.2) is 32.9 Å². The number of fused-ring (bicyclic) bond motifs is 1. The first kappa shape index (κ1) is 14.5. The molecule has 1 amide bonds. The predicted molar refractivity (Wildman–Crippen MR) is 89.1 cm³/mol. The third kappa shape index (κ3) is 2.54. The molecule has 0 atom stereocenters. The van der Waals surface area contributed by atoms with Crippen molar-refractivity contribution in [1.29, 1.82) is 0 Å². The molecule has 2 heterocycles. The van der Waals surface area contributed by atoms with Crippen LogP contribution in [0.5, 0.6) is 5.88 Å². The lowest BCUT2D eigenvalue weighted by molar-refractivity contribution is 0.209. The second-order valence-corrected chi connectivity index (χ2v) is 5.32. The van der Waals surface area contributed by atoms with E-state index in [1.54, 1.807) is 4.68 Å². The number of benzene rings is 1. The molecule has 3 aromatic rings. The molecule has 0 saturated heterocycles. The molecule has 8 nitrogen and oxygen atoms in total. The summed E-state index contributed by atoms with van der Waals surface area (Å²) in [6, 6.07) is 7.68. The Kier molecular flexibility index (Phi) is 3.79. The number of hydrogen-bond donors (Lipinski definition) is 2. The van der Waals surface area contributed by atoms with Crippen molar-refractivity contribution in [2.24, 2.45) is 5.73 Å². The van der Waals surface area contributed by atoms with Gasteiger partial charge in [0.05, 0.1) is 5.69 Å². The van der Waals surface area contributed by atoms with Gasteiger partial charge in [-0.3, -0.25) is 0 Å². The van der Waals surface area contributed by atoms with E-state index in [-0.39, 0.29) is 5.88 Å². The molecule has 3 N–H and O–H groups in total. The lowest BCUT2D eigenvalue weighted by Crippen LogP contribution is -2.17. The highest BCUT2D eigenvalue weighted by atomic mass is 127. The smallest absolute Gasteiger partial charge is 0.390 e. The number of halogens is 1. The Morgan fingerprint density at radius 2 is 2.23 bits per heavy atom. The molecule has 0 spiro atoms. The number of rotatable bonds is 3. The molecule has 3 rings (SSSR count). The monoisotopic (exact) mass is 410 g/mol. The van der Waals surface area contributed by atoms with Crippen molar-refractivity contribution in [1.82, 2.24) is 19.7 Å². The Labute approximate surface area is 138 Å². The Morgan fingerprint density at radius 1 is 1.41 bits per heavy atom. The van der Waals surface area contributed by atoms with Crippen molar-refractivity contribution in [3.05, 3.63) is 34.3 Å². The van der Waals surface area contributed by atoms with Crippen LogP contribution < -0.4 is 15.8 Å². The quantitative estimate of drug-likeness (QED) is 0.639. The Balaban J connectivity index is 2.21. The van der Waals surface area contributed by atoms with Gasteiger partial charge in [-0.05, 0) is 40.8 Å². The molecule has 0 bridgehead atoms. The molecule has 0 unspecified atom stereocenters. The molecular weight excluding hydrogens is 399 g/mol. The number of nitrogens with zero attached hydrogens (tertiary/aromatic N) is 4. The first-order chi connectivity index (χ1) is 10.6. The maximum absolute atomic E-state index is 11.0. The molecule has 2 aromatic heterocycles. The summed E-state index contributed by atoms with van der Waals surface area (Å²) in [6.45, 7) is 0. The number of primary amides is 1. The van der Waals surface area contributed by atoms with E-state index in [2.05, 4.69) is 20.4 Å². The van der Waals surface area contributed by atoms with Gasteiger partial charge >= 0.3 is 6.09 Å². The largest absolute Gasteiger partial charge is 0.411 e. The fourth-order valence-corrected chi connectivity index (χ4v) is 2.72. The number of amides is 1. The minimum absolute atomic E-state index is 0.0953. The van der Waals surface area contributed by atoms with E-state index in [1.165, 1.54) is 6.33 Å². The topological polar surface area (TPSA) is 108 Å². The van der Waals surface area contributed by atoms with Gasteiger partial charge in [-0.1, -0.05) is 6.07 Å². The molecule has 0 aliphatic carbocycles. The number of anilines is 1. The highest BCUT2D eigenvalue weighted by Crippen LogP contribution is 2.28. The van der Waals surface area contributed by atoms with Gasteiger partial charge in [-0.25, -0.2) is 19.4 Å². The fourth-order valence-electron chi connectivity index (χ4n) is 2.03. The van der Waals surface area contributed by atoms with Gasteiger partial charge in [0.1, 0.15) is 15.4 Å². The van der Waals surface area contributed by atoms with Crippen molar-refractivity contribution in [2.45, 2.75) is 0 Å². The molecule has 0 aliphatic heterocycles. The first-order valence-electron chi connectivity index (χ1n) is 6.25. The van der Waals surface area contributed by atoms with Crippen LogP contribution in [0.15, 0.2) is 30.6 Å². The minimum Gasteiger partial charge on any atom is -0.390 e. The maximum Gasteiger partial charge on any atom is 0.411 e. The summed E-state index contributed by atoms with van der Waals surface area (Å²) in [4.78, 5) is 19.2. The lowest BCUT2D eigenvalue weighted by Gasteiger charge is -2.06. The summed E-state index contributed by atoms with van der Waals surface area (Å²) in [5.74, 6) is 0.0953. The van der Waals surface area contributed by atoms with Gasteiger partial charge in [0.25, 0.3) is 0 Å². The van der Waals surface area contributed by atoms with E-state index in [4.69, 9.17) is 10.5 Å². The summed E-state index contributed by atoms with van der Waals surface area (Å²) in [5.41, 5.74) is 7.36. The van der Waals surface area contributed by atoms with E-state index in [0.29, 0.717) is 14.7 Å². The Hall–Kier alpha value is -2.43. The molecule has 112 valence electrons. The third-order valence-corrected chi connectivity index (χ3v) is 3.72. The zero-order chi connectivity index (χ0) is 15.7. The van der Waals surface area contributed by atoms with Crippen molar-refractivity contribution in [3.8, 4) is 11.6 Å². The van der Waals surface area contributed by atoms with Crippen LogP contribution in [0.1, 0.15) is 0 Å². The average molecular weight is 410 g/mol. The molecule has 0 fully saturated rings. The van der Waals surface area contributed by atoms with Crippen molar-refractivity contribution in [2.75, 3.05) is 12.4 Å². The van der Waals surface area contributed by atoms with Crippen LogP contribution in [0.2, 0.25) is 0 Å². The number of aromatic nitrogens is 4. The molecule has 1 aromatic carbocycles. The number of carbonyl (C=O) groups excluding carboxylic acids is 1. The number of nitrogens with two attached hydrogens (primary N) is 1. The molecular formula is C13H11IN6O2. The minimum atomic E-state index is -0.930. The van der Waals surface area contributed by atoms with Gasteiger partial charge < -0.3 is 15.8 Å². The Bertz CT molecular complexity index is 863. The molecule has 9 heteroatoms. The fraction of sp³-hybridized carbons (Fsp3) is 0.0769. The molecule has 0 radical (unpaired) electrons. The number of carbonyl (C=O) groups is 1. The van der Waals surface area contributed by atoms with Crippen molar-refractivity contribution >= 4 is 45.4 Å². The summed E-state index contributed by atoms with van der Waals surface area (Å²) < 4.78 is 7.19. The highest BCUT2D eigenvalue weighted by Gasteiger charge is 2.18. The first-order valence-corrected chi connectivity index (χ1v) is 7.32. The SMILES string of the molecule is CNc1cccc(-n2nc(I)c3c(OC(N)=O)ncnc32)c1. The Morgan fingerprint density at radius 3 is 2.95 bits per heavy atom. The van der Waals surface area contributed by atoms with Gasteiger partial charge in [0.2, 0.25) is 5.88 Å². The van der Waals surface area contributed by atoms with Crippen molar-refractivity contribution in [3.63, 3.8) is 0 Å². The number of ether oxygens (including phenoxy) is 1. The summed E-state index contributed by atoms with van der Waals surface area (Å²) in [5, 5.41) is 8.05.